The van der Waals surface area contributed by atoms with Crippen molar-refractivity contribution in [2.24, 2.45) is 0 Å². The van der Waals surface area contributed by atoms with Gasteiger partial charge in [0.05, 0.1) is 19.9 Å². The lowest BCUT2D eigenvalue weighted by atomic mass is 10.2. The van der Waals surface area contributed by atoms with Crippen molar-refractivity contribution in [3.8, 4) is 17.2 Å². The summed E-state index contributed by atoms with van der Waals surface area (Å²) in [5.41, 5.74) is 2.19. The molecule has 4 rings (SSSR count). The molecule has 164 valence electrons. The summed E-state index contributed by atoms with van der Waals surface area (Å²) >= 11 is 0. The molecule has 1 aliphatic rings. The predicted molar refractivity (Wildman–Crippen MR) is 117 cm³/mol. The van der Waals surface area contributed by atoms with Crippen molar-refractivity contribution >= 4 is 10.0 Å². The normalized spacial score (nSPS) is 15.7. The SMILES string of the molecule is COc1ccc(OC)c(S(=O)(=O)N2CCN(Cc3ccc(-n4cccn4)cc3)CC2)c1. The van der Waals surface area contributed by atoms with Crippen molar-refractivity contribution in [2.75, 3.05) is 40.4 Å². The highest BCUT2D eigenvalue weighted by Crippen LogP contribution is 2.31. The second-order valence-electron chi connectivity index (χ2n) is 7.31. The van der Waals surface area contributed by atoms with Crippen molar-refractivity contribution in [1.29, 1.82) is 0 Å². The molecule has 0 bridgehead atoms. The second-order valence-corrected chi connectivity index (χ2v) is 9.22. The molecular formula is C22H26N4O4S. The van der Waals surface area contributed by atoms with Crippen molar-refractivity contribution in [1.82, 2.24) is 19.0 Å². The highest BCUT2D eigenvalue weighted by Gasteiger charge is 2.31. The molecule has 0 atom stereocenters. The number of ether oxygens (including phenoxy) is 2. The number of hydrogen-bond donors (Lipinski definition) is 0. The van der Waals surface area contributed by atoms with Gasteiger partial charge in [0.1, 0.15) is 16.4 Å². The lowest BCUT2D eigenvalue weighted by Crippen LogP contribution is -2.48. The molecule has 1 aliphatic heterocycles. The lowest BCUT2D eigenvalue weighted by Gasteiger charge is -2.34. The van der Waals surface area contributed by atoms with Crippen molar-refractivity contribution in [2.45, 2.75) is 11.4 Å². The monoisotopic (exact) mass is 442 g/mol. The van der Waals surface area contributed by atoms with E-state index in [1.54, 1.807) is 18.3 Å². The fourth-order valence-corrected chi connectivity index (χ4v) is 5.28. The standard InChI is InChI=1S/C22H26N4O4S/c1-29-20-8-9-21(30-2)22(16-20)31(27,28)25-14-12-24(13-15-25)17-18-4-6-19(7-5-18)26-11-3-10-23-26/h3-11,16H,12-15,17H2,1-2H3. The Morgan fingerprint density at radius 2 is 1.71 bits per heavy atom. The Kier molecular flexibility index (Phi) is 6.26. The fraction of sp³-hybridized carbons (Fsp3) is 0.318. The van der Waals surface area contributed by atoms with Gasteiger partial charge < -0.3 is 9.47 Å². The summed E-state index contributed by atoms with van der Waals surface area (Å²) in [5.74, 6) is 0.803. The van der Waals surface area contributed by atoms with E-state index in [-0.39, 0.29) is 4.90 Å². The van der Waals surface area contributed by atoms with E-state index < -0.39 is 10.0 Å². The van der Waals surface area contributed by atoms with Crippen LogP contribution in [0.15, 0.2) is 65.8 Å². The maximum absolute atomic E-state index is 13.2. The molecule has 31 heavy (non-hydrogen) atoms. The third kappa shape index (κ3) is 4.58. The number of rotatable bonds is 7. The zero-order chi connectivity index (χ0) is 21.8. The number of aromatic nitrogens is 2. The average Bonchev–Trinajstić information content (AvgIpc) is 3.34. The van der Waals surface area contributed by atoms with Crippen LogP contribution in [0.1, 0.15) is 5.56 Å². The van der Waals surface area contributed by atoms with Crippen LogP contribution >= 0.6 is 0 Å². The molecule has 0 amide bonds. The van der Waals surface area contributed by atoms with E-state index in [9.17, 15) is 8.42 Å². The summed E-state index contributed by atoms with van der Waals surface area (Å²) in [6, 6.07) is 15.0. The maximum atomic E-state index is 13.2. The molecule has 0 spiro atoms. The van der Waals surface area contributed by atoms with Gasteiger partial charge in [-0.3, -0.25) is 4.90 Å². The Morgan fingerprint density at radius 3 is 2.32 bits per heavy atom. The molecule has 1 aromatic heterocycles. The molecule has 8 nitrogen and oxygen atoms in total. The van der Waals surface area contributed by atoms with E-state index in [1.165, 1.54) is 30.2 Å². The van der Waals surface area contributed by atoms with Crippen LogP contribution in [-0.2, 0) is 16.6 Å². The number of nitrogens with zero attached hydrogens (tertiary/aromatic N) is 4. The Balaban J connectivity index is 1.40. The summed E-state index contributed by atoms with van der Waals surface area (Å²) in [6.45, 7) is 2.94. The summed E-state index contributed by atoms with van der Waals surface area (Å²) in [4.78, 5) is 2.40. The van der Waals surface area contributed by atoms with Crippen molar-refractivity contribution in [3.05, 3.63) is 66.5 Å². The molecule has 2 heterocycles. The lowest BCUT2D eigenvalue weighted by molar-refractivity contribution is 0.181. The fourth-order valence-electron chi connectivity index (χ4n) is 3.69. The third-order valence-corrected chi connectivity index (χ3v) is 7.35. The minimum Gasteiger partial charge on any atom is -0.497 e. The summed E-state index contributed by atoms with van der Waals surface area (Å²) in [5, 5.41) is 4.24. The topological polar surface area (TPSA) is 76.9 Å². The van der Waals surface area contributed by atoms with Gasteiger partial charge in [-0.05, 0) is 35.9 Å². The Hall–Kier alpha value is -2.88. The smallest absolute Gasteiger partial charge is 0.246 e. The van der Waals surface area contributed by atoms with Crippen LogP contribution in [0.4, 0.5) is 0 Å². The molecule has 0 radical (unpaired) electrons. The van der Waals surface area contributed by atoms with Crippen LogP contribution in [0.25, 0.3) is 5.69 Å². The quantitative estimate of drug-likeness (QED) is 0.559. The van der Waals surface area contributed by atoms with E-state index >= 15 is 0 Å². The minimum atomic E-state index is -3.67. The summed E-state index contributed by atoms with van der Waals surface area (Å²) < 4.78 is 40.2. The number of sulfonamides is 1. The first kappa shape index (κ1) is 21.4. The average molecular weight is 443 g/mol. The van der Waals surface area contributed by atoms with E-state index in [4.69, 9.17) is 9.47 Å². The van der Waals surface area contributed by atoms with Gasteiger partial charge in [0, 0.05) is 51.2 Å². The predicted octanol–water partition coefficient (Wildman–Crippen LogP) is 2.40. The summed E-state index contributed by atoms with van der Waals surface area (Å²) in [6.07, 6.45) is 3.66. The van der Waals surface area contributed by atoms with Gasteiger partial charge in [0.2, 0.25) is 10.0 Å². The molecule has 0 N–H and O–H groups in total. The van der Waals surface area contributed by atoms with E-state index in [1.807, 2.05) is 29.1 Å². The van der Waals surface area contributed by atoms with Gasteiger partial charge in [-0.15, -0.1) is 0 Å². The highest BCUT2D eigenvalue weighted by molar-refractivity contribution is 7.89. The summed E-state index contributed by atoms with van der Waals surface area (Å²) in [7, 11) is -0.691. The molecule has 1 fully saturated rings. The third-order valence-electron chi connectivity index (χ3n) is 5.43. The first-order chi connectivity index (χ1) is 15.0. The Morgan fingerprint density at radius 1 is 0.968 bits per heavy atom. The molecule has 1 saturated heterocycles. The number of methoxy groups -OCH3 is 2. The first-order valence-corrected chi connectivity index (χ1v) is 11.5. The van der Waals surface area contributed by atoms with Crippen LogP contribution in [0.3, 0.4) is 0 Å². The molecule has 0 unspecified atom stereocenters. The molecule has 3 aromatic rings. The minimum absolute atomic E-state index is 0.136. The van der Waals surface area contributed by atoms with Gasteiger partial charge in [-0.25, -0.2) is 13.1 Å². The van der Waals surface area contributed by atoms with Gasteiger partial charge in [0.15, 0.2) is 0 Å². The zero-order valence-electron chi connectivity index (χ0n) is 17.6. The Labute approximate surface area is 182 Å². The van der Waals surface area contributed by atoms with Crippen LogP contribution in [0.5, 0.6) is 11.5 Å². The van der Waals surface area contributed by atoms with Gasteiger partial charge >= 0.3 is 0 Å². The van der Waals surface area contributed by atoms with Crippen molar-refractivity contribution in [3.63, 3.8) is 0 Å². The van der Waals surface area contributed by atoms with Crippen LogP contribution < -0.4 is 9.47 Å². The van der Waals surface area contributed by atoms with Crippen LogP contribution in [0.2, 0.25) is 0 Å². The highest BCUT2D eigenvalue weighted by atomic mass is 32.2. The van der Waals surface area contributed by atoms with E-state index in [2.05, 4.69) is 22.1 Å². The first-order valence-electron chi connectivity index (χ1n) is 10.0. The van der Waals surface area contributed by atoms with E-state index in [0.29, 0.717) is 37.7 Å². The van der Waals surface area contributed by atoms with Crippen LogP contribution in [0, 0.1) is 0 Å². The van der Waals surface area contributed by atoms with E-state index in [0.717, 1.165) is 12.2 Å². The van der Waals surface area contributed by atoms with Crippen molar-refractivity contribution < 1.29 is 17.9 Å². The Bertz CT molecular complexity index is 1110. The molecule has 9 heteroatoms. The zero-order valence-corrected chi connectivity index (χ0v) is 18.5. The number of hydrogen-bond acceptors (Lipinski definition) is 6. The van der Waals surface area contributed by atoms with Gasteiger partial charge in [0.25, 0.3) is 0 Å². The van der Waals surface area contributed by atoms with Gasteiger partial charge in [-0.2, -0.15) is 9.40 Å². The number of piperazine rings is 1. The largest absolute Gasteiger partial charge is 0.497 e. The van der Waals surface area contributed by atoms with Gasteiger partial charge in [-0.1, -0.05) is 12.1 Å². The molecule has 0 aliphatic carbocycles. The number of benzene rings is 2. The molecule has 2 aromatic carbocycles. The molecular weight excluding hydrogens is 416 g/mol. The maximum Gasteiger partial charge on any atom is 0.246 e. The molecule has 0 saturated carbocycles. The second kappa shape index (κ2) is 9.09. The van der Waals surface area contributed by atoms with Crippen LogP contribution in [-0.4, -0.2) is 67.8 Å².